The van der Waals surface area contributed by atoms with E-state index >= 15 is 0 Å². The third-order valence-electron chi connectivity index (χ3n) is 1.98. The first-order valence-electron chi connectivity index (χ1n) is 4.67. The lowest BCUT2D eigenvalue weighted by atomic mass is 10.2. The minimum atomic E-state index is -0.970. The van der Waals surface area contributed by atoms with E-state index in [0.29, 0.717) is 10.8 Å². The first-order chi connectivity index (χ1) is 8.20. The van der Waals surface area contributed by atoms with Crippen LogP contribution in [-0.2, 0) is 0 Å². The van der Waals surface area contributed by atoms with Gasteiger partial charge in [-0.2, -0.15) is 0 Å². The smallest absolute Gasteiger partial charge is 0.337 e. The van der Waals surface area contributed by atoms with Crippen molar-refractivity contribution in [1.29, 1.82) is 0 Å². The highest BCUT2D eigenvalue weighted by atomic mass is 32.2. The summed E-state index contributed by atoms with van der Waals surface area (Å²) in [6.07, 6.45) is 1.91. The molecule has 0 unspecified atom stereocenters. The maximum absolute atomic E-state index is 11.0. The lowest BCUT2D eigenvalue weighted by molar-refractivity contribution is 0.0698. The van der Waals surface area contributed by atoms with E-state index in [1.54, 1.807) is 24.3 Å². The van der Waals surface area contributed by atoms with Gasteiger partial charge in [0.1, 0.15) is 0 Å². The molecular formula is C10H9N3O2S2. The van der Waals surface area contributed by atoms with E-state index in [1.165, 1.54) is 23.1 Å². The van der Waals surface area contributed by atoms with Crippen LogP contribution in [0.4, 0.5) is 10.8 Å². The molecule has 0 radical (unpaired) electrons. The number of benzene rings is 1. The second kappa shape index (κ2) is 5.15. The summed E-state index contributed by atoms with van der Waals surface area (Å²) in [6.45, 7) is 0. The molecule has 0 spiro atoms. The second-order valence-electron chi connectivity index (χ2n) is 3.05. The van der Waals surface area contributed by atoms with Gasteiger partial charge in [-0.3, -0.25) is 0 Å². The topological polar surface area (TPSA) is 75.1 Å². The summed E-state index contributed by atoms with van der Waals surface area (Å²) < 4.78 is 0.834. The fourth-order valence-electron chi connectivity index (χ4n) is 1.24. The highest BCUT2D eigenvalue weighted by Crippen LogP contribution is 2.27. The molecular weight excluding hydrogens is 258 g/mol. The summed E-state index contributed by atoms with van der Waals surface area (Å²) in [6, 6.07) is 6.69. The van der Waals surface area contributed by atoms with Crippen molar-refractivity contribution in [2.24, 2.45) is 0 Å². The predicted octanol–water partition coefficient (Wildman–Crippen LogP) is 2.70. The molecule has 2 N–H and O–H groups in total. The van der Waals surface area contributed by atoms with Crippen LogP contribution in [0.5, 0.6) is 0 Å². The summed E-state index contributed by atoms with van der Waals surface area (Å²) in [7, 11) is 0. The minimum absolute atomic E-state index is 0.216. The summed E-state index contributed by atoms with van der Waals surface area (Å²) in [4.78, 5) is 11.0. The van der Waals surface area contributed by atoms with Crippen molar-refractivity contribution < 1.29 is 9.90 Å². The second-order valence-corrected chi connectivity index (χ2v) is 5.08. The van der Waals surface area contributed by atoms with E-state index in [4.69, 9.17) is 5.11 Å². The normalized spacial score (nSPS) is 10.2. The van der Waals surface area contributed by atoms with Crippen molar-refractivity contribution in [3.05, 3.63) is 29.8 Å². The average Bonchev–Trinajstić information content (AvgIpc) is 2.77. The molecule has 1 aromatic heterocycles. The Kier molecular flexibility index (Phi) is 3.60. The van der Waals surface area contributed by atoms with E-state index < -0.39 is 5.97 Å². The van der Waals surface area contributed by atoms with Crippen LogP contribution in [-0.4, -0.2) is 27.5 Å². The number of aromatic nitrogens is 2. The maximum atomic E-state index is 11.0. The van der Waals surface area contributed by atoms with Crippen LogP contribution >= 0.6 is 23.1 Å². The molecule has 88 valence electrons. The fraction of sp³-hybridized carbons (Fsp3) is 0.100. The van der Waals surface area contributed by atoms with Gasteiger partial charge in [0, 0.05) is 0 Å². The largest absolute Gasteiger partial charge is 0.478 e. The third-order valence-corrected chi connectivity index (χ3v) is 3.79. The van der Waals surface area contributed by atoms with Crippen LogP contribution in [0.2, 0.25) is 0 Å². The number of nitrogens with zero attached hydrogens (tertiary/aromatic N) is 2. The maximum Gasteiger partial charge on any atom is 0.337 e. The zero-order chi connectivity index (χ0) is 12.3. The molecule has 0 aliphatic rings. The molecule has 5 nitrogen and oxygen atoms in total. The number of para-hydroxylation sites is 1. The molecule has 1 aromatic carbocycles. The summed E-state index contributed by atoms with van der Waals surface area (Å²) in [5, 5.41) is 20.4. The van der Waals surface area contributed by atoms with Crippen LogP contribution in [0.25, 0.3) is 0 Å². The monoisotopic (exact) mass is 267 g/mol. The zero-order valence-corrected chi connectivity index (χ0v) is 10.5. The number of carbonyl (C=O) groups is 1. The molecule has 0 saturated heterocycles. The standard InChI is InChI=1S/C10H9N3O2S2/c1-16-10-13-12-9(17-10)11-7-5-3-2-4-6(7)8(14)15/h2-5H,1H3,(H,11,12)(H,14,15). The summed E-state index contributed by atoms with van der Waals surface area (Å²) >= 11 is 2.88. The molecule has 0 aliphatic carbocycles. The summed E-state index contributed by atoms with van der Waals surface area (Å²) in [5.74, 6) is -0.970. The predicted molar refractivity (Wildman–Crippen MR) is 68.4 cm³/mol. The van der Waals surface area contributed by atoms with Gasteiger partial charge in [-0.15, -0.1) is 10.2 Å². The van der Waals surface area contributed by atoms with Crippen molar-refractivity contribution in [2.75, 3.05) is 11.6 Å². The number of rotatable bonds is 4. The van der Waals surface area contributed by atoms with Gasteiger partial charge in [0.25, 0.3) is 0 Å². The van der Waals surface area contributed by atoms with Crippen LogP contribution in [0, 0.1) is 0 Å². The van der Waals surface area contributed by atoms with Gasteiger partial charge in [0.2, 0.25) is 5.13 Å². The number of aromatic carboxylic acids is 1. The molecule has 0 saturated carbocycles. The Bertz CT molecular complexity index is 542. The lowest BCUT2D eigenvalue weighted by Gasteiger charge is -2.05. The van der Waals surface area contributed by atoms with E-state index in [9.17, 15) is 4.79 Å². The number of hydrogen-bond donors (Lipinski definition) is 2. The molecule has 0 amide bonds. The highest BCUT2D eigenvalue weighted by molar-refractivity contribution is 8.00. The Balaban J connectivity index is 2.26. The van der Waals surface area contributed by atoms with Crippen LogP contribution < -0.4 is 5.32 Å². The van der Waals surface area contributed by atoms with Gasteiger partial charge < -0.3 is 10.4 Å². The zero-order valence-electron chi connectivity index (χ0n) is 8.88. The number of nitrogens with one attached hydrogen (secondary N) is 1. The van der Waals surface area contributed by atoms with E-state index in [-0.39, 0.29) is 5.56 Å². The van der Waals surface area contributed by atoms with Crippen LogP contribution in [0.3, 0.4) is 0 Å². The average molecular weight is 267 g/mol. The Morgan fingerprint density at radius 2 is 2.18 bits per heavy atom. The van der Waals surface area contributed by atoms with E-state index in [2.05, 4.69) is 15.5 Å². The number of thioether (sulfide) groups is 1. The van der Waals surface area contributed by atoms with Crippen molar-refractivity contribution in [3.63, 3.8) is 0 Å². The van der Waals surface area contributed by atoms with Crippen LogP contribution in [0.1, 0.15) is 10.4 Å². The van der Waals surface area contributed by atoms with Crippen molar-refractivity contribution >= 4 is 39.9 Å². The molecule has 0 fully saturated rings. The van der Waals surface area contributed by atoms with Gasteiger partial charge >= 0.3 is 5.97 Å². The van der Waals surface area contributed by atoms with Crippen molar-refractivity contribution in [2.45, 2.75) is 4.34 Å². The Morgan fingerprint density at radius 1 is 1.41 bits per heavy atom. The first kappa shape index (κ1) is 11.9. The molecule has 2 aromatic rings. The number of anilines is 2. The molecule has 0 atom stereocenters. The molecule has 17 heavy (non-hydrogen) atoms. The van der Waals surface area contributed by atoms with E-state index in [1.807, 2.05) is 6.26 Å². The van der Waals surface area contributed by atoms with Gasteiger partial charge in [-0.25, -0.2) is 4.79 Å². The lowest BCUT2D eigenvalue weighted by Crippen LogP contribution is -2.02. The SMILES string of the molecule is CSc1nnc(Nc2ccccc2C(=O)O)s1. The van der Waals surface area contributed by atoms with Crippen molar-refractivity contribution in [3.8, 4) is 0 Å². The molecule has 0 aliphatic heterocycles. The van der Waals surface area contributed by atoms with Gasteiger partial charge in [0.15, 0.2) is 4.34 Å². The number of hydrogen-bond acceptors (Lipinski definition) is 6. The number of carboxylic acid groups (broad SMARTS) is 1. The Morgan fingerprint density at radius 3 is 2.82 bits per heavy atom. The first-order valence-corrected chi connectivity index (χ1v) is 6.71. The van der Waals surface area contributed by atoms with Gasteiger partial charge in [-0.05, 0) is 18.4 Å². The van der Waals surface area contributed by atoms with Gasteiger partial charge in [-0.1, -0.05) is 35.2 Å². The highest BCUT2D eigenvalue weighted by Gasteiger charge is 2.10. The molecule has 2 rings (SSSR count). The summed E-state index contributed by atoms with van der Waals surface area (Å²) in [5.41, 5.74) is 0.734. The Labute approximate surface area is 106 Å². The molecule has 7 heteroatoms. The van der Waals surface area contributed by atoms with Crippen LogP contribution in [0.15, 0.2) is 28.6 Å². The van der Waals surface area contributed by atoms with E-state index in [0.717, 1.165) is 4.34 Å². The molecule has 0 bridgehead atoms. The Hall–Kier alpha value is -1.60. The number of carboxylic acids is 1. The van der Waals surface area contributed by atoms with Crippen molar-refractivity contribution in [1.82, 2.24) is 10.2 Å². The molecule has 1 heterocycles. The van der Waals surface area contributed by atoms with Gasteiger partial charge in [0.05, 0.1) is 11.3 Å². The third kappa shape index (κ3) is 2.75. The quantitative estimate of drug-likeness (QED) is 0.830. The minimum Gasteiger partial charge on any atom is -0.478 e. The fourth-order valence-corrected chi connectivity index (χ4v) is 2.42.